The van der Waals surface area contributed by atoms with Gasteiger partial charge in [-0.3, -0.25) is 0 Å². The van der Waals surface area contributed by atoms with Crippen LogP contribution in [-0.4, -0.2) is 62.6 Å². The van der Waals surface area contributed by atoms with E-state index in [0.717, 1.165) is 45.8 Å². The number of nitrogens with zero attached hydrogens (tertiary/aromatic N) is 1. The Labute approximate surface area is 79.9 Å². The summed E-state index contributed by atoms with van der Waals surface area (Å²) < 4.78 is 5.18. The topological polar surface area (TPSA) is 44.7 Å². The van der Waals surface area contributed by atoms with Crippen LogP contribution in [0.25, 0.3) is 0 Å². The predicted molar refractivity (Wildman–Crippen MR) is 51.8 cm³/mol. The van der Waals surface area contributed by atoms with E-state index in [1.54, 1.807) is 0 Å². The molecule has 78 valence electrons. The molecule has 0 aliphatic carbocycles. The zero-order chi connectivity index (χ0) is 9.36. The maximum absolute atomic E-state index is 8.47. The largest absolute Gasteiger partial charge is 0.394 e. The van der Waals surface area contributed by atoms with Crippen molar-refractivity contribution < 1.29 is 9.84 Å². The van der Waals surface area contributed by atoms with E-state index >= 15 is 0 Å². The smallest absolute Gasteiger partial charge is 0.0697 e. The first-order valence-electron chi connectivity index (χ1n) is 5.05. The third-order valence-electron chi connectivity index (χ3n) is 2.21. The predicted octanol–water partition coefficient (Wildman–Crippen LogP) is -0.709. The lowest BCUT2D eigenvalue weighted by Crippen LogP contribution is -2.43. The Morgan fingerprint density at radius 1 is 1.23 bits per heavy atom. The van der Waals surface area contributed by atoms with Crippen LogP contribution < -0.4 is 5.32 Å². The van der Waals surface area contributed by atoms with Crippen molar-refractivity contribution in [3.8, 4) is 0 Å². The molecule has 0 spiro atoms. The summed E-state index contributed by atoms with van der Waals surface area (Å²) in [4.78, 5) is 2.44. The van der Waals surface area contributed by atoms with Gasteiger partial charge in [0.15, 0.2) is 0 Å². The van der Waals surface area contributed by atoms with Crippen molar-refractivity contribution in [1.82, 2.24) is 10.2 Å². The standard InChI is InChI=1S/C9H20N2O2/c12-7-9-13-8-1-4-11-5-2-10-3-6-11/h10,12H,1-9H2. The third kappa shape index (κ3) is 5.21. The summed E-state index contributed by atoms with van der Waals surface area (Å²) in [6.07, 6.45) is 1.07. The lowest BCUT2D eigenvalue weighted by atomic mass is 10.3. The monoisotopic (exact) mass is 188 g/mol. The number of rotatable bonds is 6. The van der Waals surface area contributed by atoms with Crippen molar-refractivity contribution in [2.45, 2.75) is 6.42 Å². The van der Waals surface area contributed by atoms with E-state index in [0.29, 0.717) is 6.61 Å². The molecule has 0 aromatic heterocycles. The molecule has 1 fully saturated rings. The van der Waals surface area contributed by atoms with Crippen molar-refractivity contribution in [3.05, 3.63) is 0 Å². The molecular formula is C9H20N2O2. The highest BCUT2D eigenvalue weighted by Crippen LogP contribution is 1.94. The Balaban J connectivity index is 1.86. The SMILES string of the molecule is OCCOCCCN1CCNCC1. The van der Waals surface area contributed by atoms with E-state index in [9.17, 15) is 0 Å². The molecule has 13 heavy (non-hydrogen) atoms. The van der Waals surface area contributed by atoms with Crippen LogP contribution >= 0.6 is 0 Å². The number of aliphatic hydroxyl groups excluding tert-OH is 1. The second kappa shape index (κ2) is 7.26. The fraction of sp³-hybridized carbons (Fsp3) is 1.00. The van der Waals surface area contributed by atoms with Gasteiger partial charge in [0.05, 0.1) is 13.2 Å². The van der Waals surface area contributed by atoms with Crippen molar-refractivity contribution >= 4 is 0 Å². The molecule has 4 heteroatoms. The second-order valence-electron chi connectivity index (χ2n) is 3.28. The van der Waals surface area contributed by atoms with Crippen LogP contribution in [0.3, 0.4) is 0 Å². The van der Waals surface area contributed by atoms with Gasteiger partial charge >= 0.3 is 0 Å². The molecule has 0 radical (unpaired) electrons. The number of hydrogen-bond donors (Lipinski definition) is 2. The minimum Gasteiger partial charge on any atom is -0.394 e. The summed E-state index contributed by atoms with van der Waals surface area (Å²) in [5, 5.41) is 11.8. The normalized spacial score (nSPS) is 19.2. The van der Waals surface area contributed by atoms with Gasteiger partial charge in [-0.05, 0) is 6.42 Å². The fourth-order valence-electron chi connectivity index (χ4n) is 1.49. The van der Waals surface area contributed by atoms with Crippen LogP contribution in [0, 0.1) is 0 Å². The van der Waals surface area contributed by atoms with Crippen LogP contribution in [0.4, 0.5) is 0 Å². The number of piperazine rings is 1. The van der Waals surface area contributed by atoms with Gasteiger partial charge in [0.2, 0.25) is 0 Å². The van der Waals surface area contributed by atoms with Gasteiger partial charge in [0, 0.05) is 39.3 Å². The summed E-state index contributed by atoms with van der Waals surface area (Å²) in [7, 11) is 0. The molecule has 1 saturated heterocycles. The van der Waals surface area contributed by atoms with E-state index in [2.05, 4.69) is 10.2 Å². The molecule has 1 rings (SSSR count). The highest BCUT2D eigenvalue weighted by molar-refractivity contribution is 4.66. The average molecular weight is 188 g/mol. The van der Waals surface area contributed by atoms with Gasteiger partial charge in [0.1, 0.15) is 0 Å². The van der Waals surface area contributed by atoms with Crippen LogP contribution in [0.1, 0.15) is 6.42 Å². The van der Waals surface area contributed by atoms with Crippen LogP contribution in [0.5, 0.6) is 0 Å². The van der Waals surface area contributed by atoms with Crippen molar-refractivity contribution in [3.63, 3.8) is 0 Å². The van der Waals surface area contributed by atoms with Gasteiger partial charge in [0.25, 0.3) is 0 Å². The first kappa shape index (κ1) is 10.9. The summed E-state index contributed by atoms with van der Waals surface area (Å²) in [5.74, 6) is 0. The van der Waals surface area contributed by atoms with Crippen molar-refractivity contribution in [2.75, 3.05) is 52.5 Å². The average Bonchev–Trinajstić information content (AvgIpc) is 2.19. The quantitative estimate of drug-likeness (QED) is 0.541. The zero-order valence-corrected chi connectivity index (χ0v) is 8.17. The first-order valence-corrected chi connectivity index (χ1v) is 5.05. The van der Waals surface area contributed by atoms with Gasteiger partial charge in [-0.25, -0.2) is 0 Å². The van der Waals surface area contributed by atoms with Crippen molar-refractivity contribution in [1.29, 1.82) is 0 Å². The van der Waals surface area contributed by atoms with Crippen LogP contribution in [0.15, 0.2) is 0 Å². The van der Waals surface area contributed by atoms with Crippen LogP contribution in [-0.2, 0) is 4.74 Å². The number of aliphatic hydroxyl groups is 1. The highest BCUT2D eigenvalue weighted by Gasteiger charge is 2.07. The maximum atomic E-state index is 8.47. The Kier molecular flexibility index (Phi) is 6.10. The molecule has 4 nitrogen and oxygen atoms in total. The van der Waals surface area contributed by atoms with Gasteiger partial charge in [-0.1, -0.05) is 0 Å². The van der Waals surface area contributed by atoms with E-state index < -0.39 is 0 Å². The molecule has 1 aliphatic heterocycles. The molecule has 0 aromatic rings. The van der Waals surface area contributed by atoms with Gasteiger partial charge in [-0.2, -0.15) is 0 Å². The Morgan fingerprint density at radius 3 is 2.69 bits per heavy atom. The molecule has 0 saturated carbocycles. The minimum atomic E-state index is 0.133. The molecule has 1 heterocycles. The second-order valence-corrected chi connectivity index (χ2v) is 3.28. The molecular weight excluding hydrogens is 168 g/mol. The Morgan fingerprint density at radius 2 is 2.00 bits per heavy atom. The number of nitrogens with one attached hydrogen (secondary N) is 1. The van der Waals surface area contributed by atoms with E-state index in [-0.39, 0.29) is 6.61 Å². The van der Waals surface area contributed by atoms with Gasteiger partial charge < -0.3 is 20.1 Å². The van der Waals surface area contributed by atoms with E-state index in [1.807, 2.05) is 0 Å². The number of hydrogen-bond acceptors (Lipinski definition) is 4. The highest BCUT2D eigenvalue weighted by atomic mass is 16.5. The summed E-state index contributed by atoms with van der Waals surface area (Å²) in [6.45, 7) is 7.02. The van der Waals surface area contributed by atoms with Gasteiger partial charge in [-0.15, -0.1) is 0 Å². The Bertz CT molecular complexity index is 116. The summed E-state index contributed by atoms with van der Waals surface area (Å²) in [6, 6.07) is 0. The number of ether oxygens (including phenoxy) is 1. The minimum absolute atomic E-state index is 0.133. The molecule has 0 amide bonds. The molecule has 0 unspecified atom stereocenters. The summed E-state index contributed by atoms with van der Waals surface area (Å²) in [5.41, 5.74) is 0. The maximum Gasteiger partial charge on any atom is 0.0697 e. The zero-order valence-electron chi connectivity index (χ0n) is 8.17. The van der Waals surface area contributed by atoms with Crippen molar-refractivity contribution in [2.24, 2.45) is 0 Å². The molecule has 0 bridgehead atoms. The van der Waals surface area contributed by atoms with E-state index in [1.165, 1.54) is 0 Å². The fourth-order valence-corrected chi connectivity index (χ4v) is 1.49. The summed E-state index contributed by atoms with van der Waals surface area (Å²) >= 11 is 0. The first-order chi connectivity index (χ1) is 6.43. The van der Waals surface area contributed by atoms with E-state index in [4.69, 9.17) is 9.84 Å². The molecule has 2 N–H and O–H groups in total. The third-order valence-corrected chi connectivity index (χ3v) is 2.21. The Hall–Kier alpha value is -0.160. The lowest BCUT2D eigenvalue weighted by molar-refractivity contribution is 0.0835. The lowest BCUT2D eigenvalue weighted by Gasteiger charge is -2.26. The molecule has 0 aromatic carbocycles. The molecule has 0 atom stereocenters. The molecule has 1 aliphatic rings. The van der Waals surface area contributed by atoms with Crippen LogP contribution in [0.2, 0.25) is 0 Å².